The van der Waals surface area contributed by atoms with Gasteiger partial charge in [0.15, 0.2) is 12.4 Å². The number of benzene rings is 2. The van der Waals surface area contributed by atoms with Crippen LogP contribution in [0.5, 0.6) is 5.75 Å². The van der Waals surface area contributed by atoms with E-state index < -0.39 is 10.8 Å². The lowest BCUT2D eigenvalue weighted by atomic mass is 9.72. The van der Waals surface area contributed by atoms with Crippen molar-refractivity contribution in [1.82, 2.24) is 5.43 Å². The Bertz CT molecular complexity index is 916. The van der Waals surface area contributed by atoms with Crippen molar-refractivity contribution in [2.75, 3.05) is 6.61 Å². The quantitative estimate of drug-likeness (QED) is 0.382. The number of nitro groups is 1. The van der Waals surface area contributed by atoms with Gasteiger partial charge in [0.05, 0.1) is 11.1 Å². The number of hydrogen-bond donors (Lipinski definition) is 1. The summed E-state index contributed by atoms with van der Waals surface area (Å²) in [6.07, 6.45) is 2.37. The van der Waals surface area contributed by atoms with E-state index in [0.717, 1.165) is 17.5 Å². The summed E-state index contributed by atoms with van der Waals surface area (Å²) in [6, 6.07) is 14.2. The first kappa shape index (κ1) is 23.1. The van der Waals surface area contributed by atoms with Gasteiger partial charge in [-0.05, 0) is 34.4 Å². The summed E-state index contributed by atoms with van der Waals surface area (Å²) < 4.78 is 5.40. The number of nitrogens with zero attached hydrogens (tertiary/aromatic N) is 2. The molecule has 0 unspecified atom stereocenters. The Morgan fingerprint density at radius 1 is 1.13 bits per heavy atom. The van der Waals surface area contributed by atoms with Gasteiger partial charge < -0.3 is 4.74 Å². The van der Waals surface area contributed by atoms with Gasteiger partial charge in [-0.2, -0.15) is 5.10 Å². The molecule has 0 radical (unpaired) electrons. The summed E-state index contributed by atoms with van der Waals surface area (Å²) in [5.74, 6) is -0.453. The predicted octanol–water partition coefficient (Wildman–Crippen LogP) is 4.84. The molecule has 160 valence electrons. The van der Waals surface area contributed by atoms with Crippen molar-refractivity contribution in [2.45, 2.75) is 46.5 Å². The Kier molecular flexibility index (Phi) is 7.32. The molecule has 0 heterocycles. The lowest BCUT2D eigenvalue weighted by molar-refractivity contribution is -0.385. The molecule has 2 rings (SSSR count). The average molecular weight is 412 g/mol. The average Bonchev–Trinajstić information content (AvgIpc) is 2.65. The fraction of sp³-hybridized carbons (Fsp3) is 0.391. The van der Waals surface area contributed by atoms with E-state index in [1.54, 1.807) is 6.07 Å². The maximum absolute atomic E-state index is 12.0. The highest BCUT2D eigenvalue weighted by molar-refractivity contribution is 5.82. The van der Waals surface area contributed by atoms with Crippen molar-refractivity contribution >= 4 is 17.8 Å². The summed E-state index contributed by atoms with van der Waals surface area (Å²) >= 11 is 0. The predicted molar refractivity (Wildman–Crippen MR) is 118 cm³/mol. The number of nitro benzene ring substituents is 1. The molecule has 0 aliphatic rings. The monoisotopic (exact) mass is 411 g/mol. The van der Waals surface area contributed by atoms with Gasteiger partial charge in [0.1, 0.15) is 0 Å². The van der Waals surface area contributed by atoms with Crippen LogP contribution in [0.25, 0.3) is 0 Å². The fourth-order valence-electron chi connectivity index (χ4n) is 3.52. The van der Waals surface area contributed by atoms with Crippen LogP contribution >= 0.6 is 0 Å². The number of rotatable bonds is 8. The first-order chi connectivity index (χ1) is 14.0. The van der Waals surface area contributed by atoms with Gasteiger partial charge in [0.25, 0.3) is 5.91 Å². The van der Waals surface area contributed by atoms with Crippen LogP contribution in [0.2, 0.25) is 0 Å². The van der Waals surface area contributed by atoms with E-state index in [2.05, 4.69) is 45.1 Å². The lowest BCUT2D eigenvalue weighted by Gasteiger charge is -2.33. The molecule has 1 N–H and O–H groups in total. The highest BCUT2D eigenvalue weighted by Gasteiger charge is 2.29. The van der Waals surface area contributed by atoms with E-state index >= 15 is 0 Å². The van der Waals surface area contributed by atoms with Crippen LogP contribution in [0, 0.1) is 15.5 Å². The van der Waals surface area contributed by atoms with Crippen molar-refractivity contribution in [3.8, 4) is 5.75 Å². The van der Waals surface area contributed by atoms with E-state index in [1.165, 1.54) is 12.3 Å². The van der Waals surface area contributed by atoms with Gasteiger partial charge in [0.2, 0.25) is 0 Å². The summed E-state index contributed by atoms with van der Waals surface area (Å²) in [5.41, 5.74) is 3.71. The van der Waals surface area contributed by atoms with Crippen LogP contribution in [0.3, 0.4) is 0 Å². The minimum Gasteiger partial charge on any atom is -0.477 e. The number of ether oxygens (including phenoxy) is 1. The Labute approximate surface area is 177 Å². The maximum Gasteiger partial charge on any atom is 0.311 e. The van der Waals surface area contributed by atoms with Crippen molar-refractivity contribution in [3.05, 3.63) is 69.8 Å². The van der Waals surface area contributed by atoms with Crippen molar-refractivity contribution in [2.24, 2.45) is 10.5 Å². The zero-order valence-electron chi connectivity index (χ0n) is 18.1. The van der Waals surface area contributed by atoms with Crippen LogP contribution in [-0.4, -0.2) is 23.7 Å². The number of hydrazone groups is 1. The second-order valence-electron chi connectivity index (χ2n) is 9.05. The van der Waals surface area contributed by atoms with Crippen LogP contribution in [0.4, 0.5) is 5.69 Å². The zero-order chi connectivity index (χ0) is 22.4. The van der Waals surface area contributed by atoms with Gasteiger partial charge in [-0.1, -0.05) is 71.0 Å². The van der Waals surface area contributed by atoms with Gasteiger partial charge in [-0.25, -0.2) is 5.43 Å². The van der Waals surface area contributed by atoms with Gasteiger partial charge in [-0.3, -0.25) is 14.9 Å². The number of hydrogen-bond acceptors (Lipinski definition) is 5. The Balaban J connectivity index is 2.06. The Hall–Kier alpha value is -3.22. The number of nitrogens with one attached hydrogen (secondary N) is 1. The highest BCUT2D eigenvalue weighted by Crippen LogP contribution is 2.39. The summed E-state index contributed by atoms with van der Waals surface area (Å²) in [4.78, 5) is 23.0. The summed E-state index contributed by atoms with van der Waals surface area (Å²) in [7, 11) is 0. The molecule has 0 saturated heterocycles. The second-order valence-corrected chi connectivity index (χ2v) is 9.05. The molecular formula is C23H29N3O4. The van der Waals surface area contributed by atoms with Crippen LogP contribution in [0.1, 0.15) is 52.2 Å². The normalized spacial score (nSPS) is 12.0. The summed E-state index contributed by atoms with van der Waals surface area (Å²) in [6.45, 7) is 10.2. The molecule has 0 saturated carbocycles. The topological polar surface area (TPSA) is 93.8 Å². The van der Waals surface area contributed by atoms with Crippen molar-refractivity contribution < 1.29 is 14.5 Å². The Morgan fingerprint density at radius 3 is 2.40 bits per heavy atom. The molecule has 0 bridgehead atoms. The molecule has 0 atom stereocenters. The minimum atomic E-state index is -0.506. The molecule has 0 aliphatic heterocycles. The van der Waals surface area contributed by atoms with E-state index in [-0.39, 0.29) is 28.9 Å². The van der Waals surface area contributed by atoms with Crippen molar-refractivity contribution in [1.29, 1.82) is 0 Å². The molecule has 30 heavy (non-hydrogen) atoms. The van der Waals surface area contributed by atoms with Gasteiger partial charge in [0, 0.05) is 6.07 Å². The molecular weight excluding hydrogens is 382 g/mol. The highest BCUT2D eigenvalue weighted by atomic mass is 16.6. The minimum absolute atomic E-state index is 0.0532. The van der Waals surface area contributed by atoms with E-state index in [1.807, 2.05) is 36.4 Å². The maximum atomic E-state index is 12.0. The molecule has 0 aliphatic carbocycles. The molecule has 7 nitrogen and oxygen atoms in total. The van der Waals surface area contributed by atoms with Crippen molar-refractivity contribution in [3.63, 3.8) is 0 Å². The number of carbonyl (C=O) groups is 1. The first-order valence-corrected chi connectivity index (χ1v) is 9.77. The molecule has 2 aromatic carbocycles. The van der Waals surface area contributed by atoms with Crippen LogP contribution in [-0.2, 0) is 10.2 Å². The Morgan fingerprint density at radius 2 is 1.80 bits per heavy atom. The second kappa shape index (κ2) is 9.52. The third-order valence-corrected chi connectivity index (χ3v) is 4.47. The fourth-order valence-corrected chi connectivity index (χ4v) is 3.52. The third-order valence-electron chi connectivity index (χ3n) is 4.47. The molecule has 0 spiro atoms. The standard InChI is InChI=1S/C23H29N3O4/c1-22(2,3)16-23(4,5)18-11-12-20(19(13-18)26(28)29)30-15-21(27)25-24-14-17-9-7-6-8-10-17/h6-14H,15-16H2,1-5H3,(H,25,27). The van der Waals surface area contributed by atoms with E-state index in [4.69, 9.17) is 4.74 Å². The molecule has 2 aromatic rings. The summed E-state index contributed by atoms with van der Waals surface area (Å²) in [5, 5.41) is 15.4. The molecule has 0 fully saturated rings. The zero-order valence-corrected chi connectivity index (χ0v) is 18.1. The van der Waals surface area contributed by atoms with E-state index in [0.29, 0.717) is 0 Å². The third kappa shape index (κ3) is 6.99. The van der Waals surface area contributed by atoms with E-state index in [9.17, 15) is 14.9 Å². The largest absolute Gasteiger partial charge is 0.477 e. The molecule has 1 amide bonds. The van der Waals surface area contributed by atoms with Gasteiger partial charge >= 0.3 is 5.69 Å². The molecule has 0 aromatic heterocycles. The van der Waals surface area contributed by atoms with Gasteiger partial charge in [-0.15, -0.1) is 0 Å². The number of carbonyl (C=O) groups excluding carboxylic acids is 1. The smallest absolute Gasteiger partial charge is 0.311 e. The molecule has 7 heteroatoms. The number of amides is 1. The van der Waals surface area contributed by atoms with Crippen LogP contribution in [0.15, 0.2) is 53.6 Å². The SMILES string of the molecule is CC(C)(C)CC(C)(C)c1ccc(OCC(=O)NN=Cc2ccccc2)c([N+](=O)[O-])c1. The lowest BCUT2D eigenvalue weighted by Crippen LogP contribution is -2.26. The first-order valence-electron chi connectivity index (χ1n) is 9.77. The van der Waals surface area contributed by atoms with Crippen LogP contribution < -0.4 is 10.2 Å².